The van der Waals surface area contributed by atoms with E-state index in [-0.39, 0.29) is 12.6 Å². The number of hydrogen-bond acceptors (Lipinski definition) is 9. The first kappa shape index (κ1) is 19.0. The van der Waals surface area contributed by atoms with Gasteiger partial charge in [0.05, 0.1) is 12.3 Å². The van der Waals surface area contributed by atoms with Crippen molar-refractivity contribution in [3.63, 3.8) is 0 Å². The number of esters is 1. The smallest absolute Gasteiger partial charge is 0.303 e. The molecule has 9 heteroatoms. The second-order valence-electron chi connectivity index (χ2n) is 6.46. The number of aromatic nitrogens is 4. The molecule has 1 fully saturated rings. The van der Waals surface area contributed by atoms with Gasteiger partial charge >= 0.3 is 5.97 Å². The molecule has 0 spiro atoms. The van der Waals surface area contributed by atoms with Gasteiger partial charge < -0.3 is 19.6 Å². The maximum Gasteiger partial charge on any atom is 0.303 e. The number of carbonyl (C=O) groups is 1. The Labute approximate surface area is 158 Å². The van der Waals surface area contributed by atoms with Gasteiger partial charge in [0.2, 0.25) is 5.95 Å². The molecule has 27 heavy (non-hydrogen) atoms. The summed E-state index contributed by atoms with van der Waals surface area (Å²) in [5, 5.41) is 9.34. The molecule has 0 saturated carbocycles. The first-order valence-corrected chi connectivity index (χ1v) is 8.91. The number of anilines is 2. The Morgan fingerprint density at radius 1 is 1.22 bits per heavy atom. The number of aliphatic hydroxyl groups is 1. The highest BCUT2D eigenvalue weighted by atomic mass is 16.5. The molecule has 3 rings (SSSR count). The van der Waals surface area contributed by atoms with Crippen molar-refractivity contribution >= 4 is 17.7 Å². The number of piperazine rings is 1. The van der Waals surface area contributed by atoms with Crippen LogP contribution < -0.4 is 9.80 Å². The number of aliphatic hydroxyl groups excluding tert-OH is 1. The second kappa shape index (κ2) is 8.26. The van der Waals surface area contributed by atoms with E-state index in [1.54, 1.807) is 19.2 Å². The van der Waals surface area contributed by atoms with Crippen LogP contribution in [0, 0.1) is 6.92 Å². The summed E-state index contributed by atoms with van der Waals surface area (Å²) in [4.78, 5) is 33.0. The topological polar surface area (TPSA) is 105 Å². The van der Waals surface area contributed by atoms with E-state index in [1.807, 2.05) is 13.0 Å². The molecule has 144 valence electrons. The maximum atomic E-state index is 11.1. The summed E-state index contributed by atoms with van der Waals surface area (Å²) < 4.78 is 5.16. The third-order valence-electron chi connectivity index (χ3n) is 4.31. The molecule has 9 nitrogen and oxygen atoms in total. The molecule has 1 aliphatic rings. The lowest BCUT2D eigenvalue weighted by Gasteiger charge is -2.35. The van der Waals surface area contributed by atoms with Crippen LogP contribution in [0.2, 0.25) is 0 Å². The monoisotopic (exact) mass is 372 g/mol. The molecule has 0 radical (unpaired) electrons. The van der Waals surface area contributed by atoms with Crippen molar-refractivity contribution in [2.45, 2.75) is 33.5 Å². The van der Waals surface area contributed by atoms with E-state index in [0.29, 0.717) is 17.5 Å². The Balaban J connectivity index is 1.67. The van der Waals surface area contributed by atoms with Gasteiger partial charge in [0.1, 0.15) is 5.82 Å². The lowest BCUT2D eigenvalue weighted by molar-refractivity contribution is -0.146. The van der Waals surface area contributed by atoms with Crippen LogP contribution in [0.1, 0.15) is 37.2 Å². The zero-order chi connectivity index (χ0) is 19.4. The summed E-state index contributed by atoms with van der Waals surface area (Å²) >= 11 is 0. The van der Waals surface area contributed by atoms with Crippen LogP contribution in [-0.4, -0.2) is 57.2 Å². The third-order valence-corrected chi connectivity index (χ3v) is 4.31. The highest BCUT2D eigenvalue weighted by Crippen LogP contribution is 2.20. The Morgan fingerprint density at radius 2 is 1.93 bits per heavy atom. The normalized spacial score (nSPS) is 15.6. The van der Waals surface area contributed by atoms with Gasteiger partial charge in [0.15, 0.2) is 11.9 Å². The van der Waals surface area contributed by atoms with Crippen LogP contribution >= 0.6 is 0 Å². The maximum absolute atomic E-state index is 11.1. The lowest BCUT2D eigenvalue weighted by Crippen LogP contribution is -2.47. The lowest BCUT2D eigenvalue weighted by atomic mass is 10.3. The molecular weight excluding hydrogens is 348 g/mol. The molecule has 2 aromatic heterocycles. The van der Waals surface area contributed by atoms with E-state index >= 15 is 0 Å². The van der Waals surface area contributed by atoms with Gasteiger partial charge in [0, 0.05) is 45.0 Å². The van der Waals surface area contributed by atoms with E-state index in [1.165, 1.54) is 6.92 Å². The van der Waals surface area contributed by atoms with Crippen molar-refractivity contribution in [1.29, 1.82) is 0 Å². The largest absolute Gasteiger partial charge is 0.455 e. The fourth-order valence-electron chi connectivity index (χ4n) is 3.01. The van der Waals surface area contributed by atoms with Gasteiger partial charge in [-0.2, -0.15) is 0 Å². The van der Waals surface area contributed by atoms with Crippen molar-refractivity contribution in [3.8, 4) is 0 Å². The van der Waals surface area contributed by atoms with Crippen molar-refractivity contribution in [2.75, 3.05) is 36.0 Å². The third kappa shape index (κ3) is 4.68. The molecular formula is C18H24N6O3. The average Bonchev–Trinajstić information content (AvgIpc) is 2.67. The number of rotatable bonds is 5. The minimum Gasteiger partial charge on any atom is -0.455 e. The quantitative estimate of drug-likeness (QED) is 0.770. The molecule has 1 atom stereocenters. The SMILES string of the molecule is CC(=O)O[C@H](C)c1nccc(N2CCN(c3nc(C)cc(CO)n3)CC2)n1. The van der Waals surface area contributed by atoms with Gasteiger partial charge in [0.25, 0.3) is 0 Å². The summed E-state index contributed by atoms with van der Waals surface area (Å²) in [6.45, 7) is 7.92. The molecule has 1 aliphatic heterocycles. The summed E-state index contributed by atoms with van der Waals surface area (Å²) in [6.07, 6.45) is 1.20. The standard InChI is InChI=1S/C18H24N6O3/c1-12-10-15(11-25)21-18(20-12)24-8-6-23(7-9-24)16-4-5-19-17(22-16)13(2)27-14(3)26/h4-5,10,13,25H,6-9,11H2,1-3H3/t13-/m1/s1. The molecule has 1 saturated heterocycles. The van der Waals surface area contributed by atoms with Gasteiger partial charge in [-0.1, -0.05) is 0 Å². The van der Waals surface area contributed by atoms with E-state index in [2.05, 4.69) is 29.7 Å². The Hall–Kier alpha value is -2.81. The van der Waals surface area contributed by atoms with Crippen molar-refractivity contribution < 1.29 is 14.6 Å². The summed E-state index contributed by atoms with van der Waals surface area (Å²) in [5.74, 6) is 1.58. The van der Waals surface area contributed by atoms with E-state index < -0.39 is 6.10 Å². The summed E-state index contributed by atoms with van der Waals surface area (Å²) in [5.41, 5.74) is 1.46. The fourth-order valence-corrected chi connectivity index (χ4v) is 3.01. The van der Waals surface area contributed by atoms with Gasteiger partial charge in [-0.3, -0.25) is 4.79 Å². The Morgan fingerprint density at radius 3 is 2.59 bits per heavy atom. The molecule has 1 N–H and O–H groups in total. The number of ether oxygens (including phenoxy) is 1. The Kier molecular flexibility index (Phi) is 5.80. The number of nitrogens with zero attached hydrogens (tertiary/aromatic N) is 6. The zero-order valence-corrected chi connectivity index (χ0v) is 15.8. The van der Waals surface area contributed by atoms with Crippen LogP contribution in [0.3, 0.4) is 0 Å². The number of hydrogen-bond donors (Lipinski definition) is 1. The summed E-state index contributed by atoms with van der Waals surface area (Å²) in [6, 6.07) is 3.64. The van der Waals surface area contributed by atoms with Gasteiger partial charge in [-0.15, -0.1) is 0 Å². The molecule has 0 aromatic carbocycles. The van der Waals surface area contributed by atoms with Crippen molar-refractivity contribution in [3.05, 3.63) is 35.5 Å². The van der Waals surface area contributed by atoms with Gasteiger partial charge in [-0.25, -0.2) is 19.9 Å². The van der Waals surface area contributed by atoms with Crippen LogP contribution in [0.5, 0.6) is 0 Å². The van der Waals surface area contributed by atoms with Crippen LogP contribution in [-0.2, 0) is 16.1 Å². The molecule has 2 aromatic rings. The van der Waals surface area contributed by atoms with Gasteiger partial charge in [-0.05, 0) is 26.0 Å². The van der Waals surface area contributed by atoms with Crippen LogP contribution in [0.15, 0.2) is 18.3 Å². The molecule has 0 aliphatic carbocycles. The number of aryl methyl sites for hydroxylation is 1. The van der Waals surface area contributed by atoms with E-state index in [4.69, 9.17) is 4.74 Å². The highest BCUT2D eigenvalue weighted by molar-refractivity contribution is 5.66. The second-order valence-corrected chi connectivity index (χ2v) is 6.46. The minimum atomic E-state index is -0.485. The van der Waals surface area contributed by atoms with E-state index in [9.17, 15) is 9.90 Å². The predicted octanol–water partition coefficient (Wildman–Crippen LogP) is 1.02. The van der Waals surface area contributed by atoms with Crippen molar-refractivity contribution in [2.24, 2.45) is 0 Å². The first-order valence-electron chi connectivity index (χ1n) is 8.91. The van der Waals surface area contributed by atoms with E-state index in [0.717, 1.165) is 37.7 Å². The fraction of sp³-hybridized carbons (Fsp3) is 0.500. The molecule has 0 amide bonds. The van der Waals surface area contributed by atoms with Crippen LogP contribution in [0.25, 0.3) is 0 Å². The minimum absolute atomic E-state index is 0.0967. The molecule has 3 heterocycles. The highest BCUT2D eigenvalue weighted by Gasteiger charge is 2.22. The zero-order valence-electron chi connectivity index (χ0n) is 15.8. The first-order chi connectivity index (χ1) is 13.0. The van der Waals surface area contributed by atoms with Crippen LogP contribution in [0.4, 0.5) is 11.8 Å². The molecule has 0 bridgehead atoms. The summed E-state index contributed by atoms with van der Waals surface area (Å²) in [7, 11) is 0. The average molecular weight is 372 g/mol. The number of carbonyl (C=O) groups excluding carboxylic acids is 1. The van der Waals surface area contributed by atoms with Crippen molar-refractivity contribution in [1.82, 2.24) is 19.9 Å². The Bertz CT molecular complexity index is 807. The predicted molar refractivity (Wildman–Crippen MR) is 99.3 cm³/mol. The molecule has 0 unspecified atom stereocenters.